The zero-order valence-electron chi connectivity index (χ0n) is 16.9. The van der Waals surface area contributed by atoms with Gasteiger partial charge in [0, 0.05) is 18.2 Å². The lowest BCUT2D eigenvalue weighted by atomic mass is 10.2. The van der Waals surface area contributed by atoms with Gasteiger partial charge in [-0.05, 0) is 43.2 Å². The van der Waals surface area contributed by atoms with E-state index < -0.39 is 6.10 Å². The van der Waals surface area contributed by atoms with Gasteiger partial charge in [-0.2, -0.15) is 0 Å². The molecule has 150 valence electrons. The van der Waals surface area contributed by atoms with Crippen molar-refractivity contribution in [2.24, 2.45) is 0 Å². The van der Waals surface area contributed by atoms with E-state index in [1.807, 2.05) is 80.6 Å². The summed E-state index contributed by atoms with van der Waals surface area (Å²) in [6, 6.07) is 25.4. The van der Waals surface area contributed by atoms with E-state index in [4.69, 9.17) is 9.47 Å². The third kappa shape index (κ3) is 6.39. The van der Waals surface area contributed by atoms with Gasteiger partial charge >= 0.3 is 0 Å². The normalized spacial score (nSPS) is 11.5. The molecule has 1 atom stereocenters. The number of aryl methyl sites for hydroxylation is 1. The minimum Gasteiger partial charge on any atom is -0.493 e. The van der Waals surface area contributed by atoms with Crippen molar-refractivity contribution in [1.82, 2.24) is 0 Å². The first kappa shape index (κ1) is 20.5. The van der Waals surface area contributed by atoms with E-state index in [1.165, 1.54) is 5.56 Å². The summed E-state index contributed by atoms with van der Waals surface area (Å²) in [5, 5.41) is 2.93. The number of amides is 1. The number of benzene rings is 3. The summed E-state index contributed by atoms with van der Waals surface area (Å²) in [5.41, 5.74) is 3.08. The largest absolute Gasteiger partial charge is 0.493 e. The van der Waals surface area contributed by atoms with Crippen LogP contribution in [0.2, 0.25) is 0 Å². The second kappa shape index (κ2) is 10.3. The number of carbonyl (C=O) groups is 1. The second-order valence-corrected chi connectivity index (χ2v) is 6.93. The fourth-order valence-electron chi connectivity index (χ4n) is 2.92. The van der Waals surface area contributed by atoms with Crippen LogP contribution in [-0.4, -0.2) is 18.6 Å². The third-order valence-electron chi connectivity index (χ3n) is 4.57. The van der Waals surface area contributed by atoms with Crippen LogP contribution in [0.1, 0.15) is 24.5 Å². The van der Waals surface area contributed by atoms with Gasteiger partial charge in [0.05, 0.1) is 6.61 Å². The van der Waals surface area contributed by atoms with E-state index in [0.29, 0.717) is 24.5 Å². The molecule has 0 spiro atoms. The van der Waals surface area contributed by atoms with Gasteiger partial charge in [-0.25, -0.2) is 0 Å². The Morgan fingerprint density at radius 3 is 2.41 bits per heavy atom. The smallest absolute Gasteiger partial charge is 0.265 e. The monoisotopic (exact) mass is 389 g/mol. The highest BCUT2D eigenvalue weighted by atomic mass is 16.5. The van der Waals surface area contributed by atoms with Crippen LogP contribution in [0.15, 0.2) is 78.9 Å². The molecule has 1 N–H and O–H groups in total. The van der Waals surface area contributed by atoms with Gasteiger partial charge in [0.15, 0.2) is 6.10 Å². The van der Waals surface area contributed by atoms with Crippen molar-refractivity contribution in [3.63, 3.8) is 0 Å². The number of nitrogens with one attached hydrogen (secondary N) is 1. The Hall–Kier alpha value is -3.27. The van der Waals surface area contributed by atoms with E-state index in [0.717, 1.165) is 17.7 Å². The molecule has 0 aromatic heterocycles. The van der Waals surface area contributed by atoms with Gasteiger partial charge < -0.3 is 14.8 Å². The van der Waals surface area contributed by atoms with E-state index in [9.17, 15) is 4.79 Å². The minimum atomic E-state index is -0.555. The van der Waals surface area contributed by atoms with Gasteiger partial charge in [0.1, 0.15) is 11.5 Å². The molecular weight excluding hydrogens is 362 g/mol. The topological polar surface area (TPSA) is 47.6 Å². The van der Waals surface area contributed by atoms with Crippen LogP contribution >= 0.6 is 0 Å². The van der Waals surface area contributed by atoms with Gasteiger partial charge in [-0.3, -0.25) is 4.79 Å². The van der Waals surface area contributed by atoms with Crippen LogP contribution in [0.3, 0.4) is 0 Å². The molecule has 0 saturated carbocycles. The lowest BCUT2D eigenvalue weighted by molar-refractivity contribution is -0.122. The van der Waals surface area contributed by atoms with Gasteiger partial charge in [-0.15, -0.1) is 0 Å². The highest BCUT2D eigenvalue weighted by molar-refractivity contribution is 5.94. The molecule has 4 heteroatoms. The second-order valence-electron chi connectivity index (χ2n) is 6.93. The van der Waals surface area contributed by atoms with E-state index in [2.05, 4.69) is 17.4 Å². The van der Waals surface area contributed by atoms with Crippen molar-refractivity contribution in [2.45, 2.75) is 32.8 Å². The molecule has 29 heavy (non-hydrogen) atoms. The van der Waals surface area contributed by atoms with Crippen LogP contribution in [0, 0.1) is 6.92 Å². The van der Waals surface area contributed by atoms with Crippen molar-refractivity contribution in [2.75, 3.05) is 11.9 Å². The van der Waals surface area contributed by atoms with Crippen molar-refractivity contribution >= 4 is 11.6 Å². The summed E-state index contributed by atoms with van der Waals surface area (Å²) in [6.45, 7) is 4.53. The molecule has 3 rings (SSSR count). The molecule has 4 nitrogen and oxygen atoms in total. The van der Waals surface area contributed by atoms with Gasteiger partial charge in [-0.1, -0.05) is 61.0 Å². The molecule has 0 saturated heterocycles. The van der Waals surface area contributed by atoms with Crippen LogP contribution in [0.4, 0.5) is 5.69 Å². The molecular formula is C25H27NO3. The van der Waals surface area contributed by atoms with Gasteiger partial charge in [0.2, 0.25) is 0 Å². The number of carbonyl (C=O) groups excluding carboxylic acids is 1. The number of rotatable bonds is 9. The van der Waals surface area contributed by atoms with Crippen molar-refractivity contribution < 1.29 is 14.3 Å². The molecule has 0 heterocycles. The number of anilines is 1. The Bertz CT molecular complexity index is 907. The van der Waals surface area contributed by atoms with Crippen molar-refractivity contribution in [3.8, 4) is 11.5 Å². The fourth-order valence-corrected chi connectivity index (χ4v) is 2.92. The standard InChI is InChI=1S/C25H27NO3/c1-3-24(29-22-14-12-19(2)13-15-22)25(27)26-21-10-7-11-23(18-21)28-17-16-20-8-5-4-6-9-20/h4-15,18,24H,3,16-17H2,1-2H3,(H,26,27). The Labute approximate surface area is 172 Å². The minimum absolute atomic E-state index is 0.172. The predicted octanol–water partition coefficient (Wildman–Crippen LogP) is 5.41. The van der Waals surface area contributed by atoms with E-state index in [1.54, 1.807) is 0 Å². The maximum Gasteiger partial charge on any atom is 0.265 e. The fraction of sp³-hybridized carbons (Fsp3) is 0.240. The summed E-state index contributed by atoms with van der Waals surface area (Å²) < 4.78 is 11.7. The summed E-state index contributed by atoms with van der Waals surface area (Å²) in [5.74, 6) is 1.25. The zero-order chi connectivity index (χ0) is 20.5. The summed E-state index contributed by atoms with van der Waals surface area (Å²) in [7, 11) is 0. The number of hydrogen-bond acceptors (Lipinski definition) is 3. The third-order valence-corrected chi connectivity index (χ3v) is 4.57. The maximum absolute atomic E-state index is 12.6. The molecule has 0 radical (unpaired) electrons. The zero-order valence-corrected chi connectivity index (χ0v) is 16.9. The summed E-state index contributed by atoms with van der Waals surface area (Å²) in [6.07, 6.45) is 0.854. The lowest BCUT2D eigenvalue weighted by Gasteiger charge is -2.18. The highest BCUT2D eigenvalue weighted by Crippen LogP contribution is 2.20. The average molecular weight is 389 g/mol. The van der Waals surface area contributed by atoms with E-state index in [-0.39, 0.29) is 5.91 Å². The molecule has 0 aliphatic rings. The number of hydrogen-bond donors (Lipinski definition) is 1. The quantitative estimate of drug-likeness (QED) is 0.532. The average Bonchev–Trinajstić information content (AvgIpc) is 2.74. The molecule has 3 aromatic carbocycles. The SMILES string of the molecule is CCC(Oc1ccc(C)cc1)C(=O)Nc1cccc(OCCc2ccccc2)c1. The Morgan fingerprint density at radius 1 is 0.931 bits per heavy atom. The molecule has 0 aliphatic heterocycles. The molecule has 0 bridgehead atoms. The first-order chi connectivity index (χ1) is 14.1. The Balaban J connectivity index is 1.55. The molecule has 0 fully saturated rings. The molecule has 1 unspecified atom stereocenters. The summed E-state index contributed by atoms with van der Waals surface area (Å²) >= 11 is 0. The van der Waals surface area contributed by atoms with Crippen LogP contribution < -0.4 is 14.8 Å². The van der Waals surface area contributed by atoms with Crippen LogP contribution in [0.5, 0.6) is 11.5 Å². The maximum atomic E-state index is 12.6. The first-order valence-corrected chi connectivity index (χ1v) is 9.95. The Kier molecular flexibility index (Phi) is 7.28. The van der Waals surface area contributed by atoms with E-state index >= 15 is 0 Å². The summed E-state index contributed by atoms with van der Waals surface area (Å²) in [4.78, 5) is 12.6. The Morgan fingerprint density at radius 2 is 1.69 bits per heavy atom. The van der Waals surface area contributed by atoms with Crippen molar-refractivity contribution in [1.29, 1.82) is 0 Å². The highest BCUT2D eigenvalue weighted by Gasteiger charge is 2.18. The first-order valence-electron chi connectivity index (χ1n) is 9.95. The predicted molar refractivity (Wildman–Crippen MR) is 117 cm³/mol. The molecule has 3 aromatic rings. The van der Waals surface area contributed by atoms with Gasteiger partial charge in [0.25, 0.3) is 5.91 Å². The van der Waals surface area contributed by atoms with Crippen LogP contribution in [-0.2, 0) is 11.2 Å². The van der Waals surface area contributed by atoms with Crippen molar-refractivity contribution in [3.05, 3.63) is 90.0 Å². The number of ether oxygens (including phenoxy) is 2. The molecule has 1 amide bonds. The lowest BCUT2D eigenvalue weighted by Crippen LogP contribution is -2.32. The molecule has 0 aliphatic carbocycles. The van der Waals surface area contributed by atoms with Crippen LogP contribution in [0.25, 0.3) is 0 Å².